The Hall–Kier alpha value is -3.43. The molecule has 2 aliphatic rings. The summed E-state index contributed by atoms with van der Waals surface area (Å²) < 4.78 is 5.74. The second kappa shape index (κ2) is 9.55. The number of aromatic nitrogens is 3. The lowest BCUT2D eigenvalue weighted by atomic mass is 9.85. The molecule has 190 valence electrons. The number of carbonyl (C=O) groups is 1. The number of rotatable bonds is 7. The molecular weight excluding hydrogens is 456 g/mol. The summed E-state index contributed by atoms with van der Waals surface area (Å²) in [6.45, 7) is 6.04. The lowest BCUT2D eigenvalue weighted by Crippen LogP contribution is -2.47. The minimum Gasteiger partial charge on any atom is -0.496 e. The van der Waals surface area contributed by atoms with Gasteiger partial charge < -0.3 is 15.0 Å². The highest BCUT2D eigenvalue weighted by molar-refractivity contribution is 6.07. The third-order valence-corrected chi connectivity index (χ3v) is 7.61. The Morgan fingerprint density at radius 2 is 1.97 bits per heavy atom. The first kappa shape index (κ1) is 24.3. The van der Waals surface area contributed by atoms with Crippen LogP contribution >= 0.6 is 0 Å². The van der Waals surface area contributed by atoms with E-state index < -0.39 is 5.41 Å². The van der Waals surface area contributed by atoms with E-state index in [9.17, 15) is 9.59 Å². The van der Waals surface area contributed by atoms with E-state index in [1.807, 2.05) is 33.0 Å². The van der Waals surface area contributed by atoms with Gasteiger partial charge in [0.2, 0.25) is 5.91 Å². The zero-order valence-corrected chi connectivity index (χ0v) is 21.3. The molecule has 2 aliphatic heterocycles. The monoisotopic (exact) mass is 490 g/mol. The predicted molar refractivity (Wildman–Crippen MR) is 138 cm³/mol. The van der Waals surface area contributed by atoms with Crippen LogP contribution in [0.5, 0.6) is 5.75 Å². The van der Waals surface area contributed by atoms with E-state index in [2.05, 4.69) is 55.7 Å². The predicted octanol–water partition coefficient (Wildman–Crippen LogP) is 2.86. The number of fused-ring (bicyclic) bond motifs is 1. The van der Waals surface area contributed by atoms with Gasteiger partial charge in [-0.25, -0.2) is 9.89 Å². The summed E-state index contributed by atoms with van der Waals surface area (Å²) in [5, 5.41) is 10.4. The Balaban J connectivity index is 1.42. The number of H-pyrrole nitrogens is 2. The Bertz CT molecular complexity index is 1300. The van der Waals surface area contributed by atoms with Crippen LogP contribution in [-0.4, -0.2) is 52.7 Å². The largest absolute Gasteiger partial charge is 0.496 e. The number of aromatic amines is 2. The number of amides is 1. The first-order valence-corrected chi connectivity index (χ1v) is 12.4. The molecule has 3 N–H and O–H groups in total. The molecule has 0 unspecified atom stereocenters. The van der Waals surface area contributed by atoms with Crippen molar-refractivity contribution in [1.29, 1.82) is 0 Å². The van der Waals surface area contributed by atoms with Gasteiger partial charge in [-0.2, -0.15) is 5.10 Å². The number of nitrogens with zero attached hydrogens (tertiary/aromatic N) is 3. The van der Waals surface area contributed by atoms with Crippen molar-refractivity contribution in [2.24, 2.45) is 0 Å². The number of ether oxygens (including phenoxy) is 1. The summed E-state index contributed by atoms with van der Waals surface area (Å²) in [5.74, 6) is 1.50. The Kier molecular flexibility index (Phi) is 6.44. The number of methoxy groups -OCH3 is 1. The molecule has 1 saturated heterocycles. The fourth-order valence-corrected chi connectivity index (χ4v) is 5.73. The molecule has 5 rings (SSSR count). The molecule has 0 aliphatic carbocycles. The van der Waals surface area contributed by atoms with Gasteiger partial charge in [0.15, 0.2) is 0 Å². The van der Waals surface area contributed by atoms with Crippen molar-refractivity contribution in [3.8, 4) is 5.75 Å². The Labute approximate surface area is 210 Å². The molecule has 3 heterocycles. The van der Waals surface area contributed by atoms with Crippen molar-refractivity contribution in [2.75, 3.05) is 25.6 Å². The normalized spacial score (nSPS) is 21.6. The van der Waals surface area contributed by atoms with Crippen molar-refractivity contribution in [3.05, 3.63) is 75.5 Å². The van der Waals surface area contributed by atoms with Crippen molar-refractivity contribution in [2.45, 2.75) is 57.3 Å². The van der Waals surface area contributed by atoms with E-state index in [0.717, 1.165) is 42.0 Å². The molecule has 0 spiro atoms. The van der Waals surface area contributed by atoms with Gasteiger partial charge in [-0.05, 0) is 50.4 Å². The third kappa shape index (κ3) is 4.33. The average molecular weight is 491 g/mol. The van der Waals surface area contributed by atoms with E-state index in [1.165, 1.54) is 5.56 Å². The molecule has 9 nitrogen and oxygen atoms in total. The van der Waals surface area contributed by atoms with Gasteiger partial charge in [0.25, 0.3) is 0 Å². The molecule has 2 aromatic carbocycles. The van der Waals surface area contributed by atoms with E-state index in [1.54, 1.807) is 12.0 Å². The maximum atomic E-state index is 12.8. The third-order valence-electron chi connectivity index (χ3n) is 7.61. The summed E-state index contributed by atoms with van der Waals surface area (Å²) in [6.07, 6.45) is 2.05. The Morgan fingerprint density at radius 3 is 2.67 bits per heavy atom. The minimum absolute atomic E-state index is 0.0909. The van der Waals surface area contributed by atoms with Crippen LogP contribution in [-0.2, 0) is 23.3 Å². The average Bonchev–Trinajstić information content (AvgIpc) is 3.36. The number of benzene rings is 2. The fourth-order valence-electron chi connectivity index (χ4n) is 5.73. The van der Waals surface area contributed by atoms with Crippen LogP contribution in [0.15, 0.2) is 47.3 Å². The van der Waals surface area contributed by atoms with Gasteiger partial charge in [-0.3, -0.25) is 14.7 Å². The maximum Gasteiger partial charge on any atom is 0.340 e. The van der Waals surface area contributed by atoms with Crippen LogP contribution in [0, 0.1) is 0 Å². The summed E-state index contributed by atoms with van der Waals surface area (Å²) >= 11 is 0. The standard InChI is InChI=1S/C27H34N6O3/c1-27(2)19-13-18(22(36-4)14-21(19)32(3)25(27)34)15-28-20-11-8-12-33(16-23-29-26(35)31-30-23)24(20)17-9-6-5-7-10-17/h5-7,9-10,13-14,20,24,28H,8,11-12,15-16H2,1-4H3,(H2,29,30,31,35)/t20-,24+/m0/s1. The van der Waals surface area contributed by atoms with Gasteiger partial charge in [0.1, 0.15) is 11.6 Å². The minimum atomic E-state index is -0.570. The first-order valence-electron chi connectivity index (χ1n) is 12.4. The van der Waals surface area contributed by atoms with Gasteiger partial charge in [-0.15, -0.1) is 0 Å². The maximum absolute atomic E-state index is 12.8. The van der Waals surface area contributed by atoms with E-state index in [4.69, 9.17) is 4.74 Å². The fraction of sp³-hybridized carbons (Fsp3) is 0.444. The van der Waals surface area contributed by atoms with E-state index in [0.29, 0.717) is 18.9 Å². The molecule has 0 radical (unpaired) electrons. The van der Waals surface area contributed by atoms with Gasteiger partial charge in [0.05, 0.1) is 30.8 Å². The number of piperidine rings is 1. The van der Waals surface area contributed by atoms with E-state index in [-0.39, 0.29) is 23.7 Å². The molecule has 3 aromatic rings. The molecule has 36 heavy (non-hydrogen) atoms. The zero-order valence-electron chi connectivity index (χ0n) is 21.3. The van der Waals surface area contributed by atoms with Crippen molar-refractivity contribution < 1.29 is 9.53 Å². The lowest BCUT2D eigenvalue weighted by molar-refractivity contribution is -0.121. The quantitative estimate of drug-likeness (QED) is 0.470. The molecule has 1 fully saturated rings. The summed E-state index contributed by atoms with van der Waals surface area (Å²) in [6, 6.07) is 14.9. The SMILES string of the molecule is COc1cc2c(cc1CN[C@H]1CCCN(Cc3n[nH]c(=O)[nH]3)[C@@H]1c1ccccc1)C(C)(C)C(=O)N2C. The van der Waals surface area contributed by atoms with Crippen LogP contribution in [0.2, 0.25) is 0 Å². The number of likely N-dealkylation sites (N-methyl/N-ethyl adjacent to an activating group) is 1. The molecule has 1 aromatic heterocycles. The van der Waals surface area contributed by atoms with Gasteiger partial charge in [-0.1, -0.05) is 30.3 Å². The molecule has 0 bridgehead atoms. The molecule has 0 saturated carbocycles. The van der Waals surface area contributed by atoms with Crippen LogP contribution in [0.3, 0.4) is 0 Å². The summed E-state index contributed by atoms with van der Waals surface area (Å²) in [7, 11) is 3.49. The van der Waals surface area contributed by atoms with Crippen molar-refractivity contribution >= 4 is 11.6 Å². The number of carbonyl (C=O) groups excluding carboxylic acids is 1. The van der Waals surface area contributed by atoms with Crippen LogP contribution in [0.25, 0.3) is 0 Å². The van der Waals surface area contributed by atoms with Crippen molar-refractivity contribution in [1.82, 2.24) is 25.4 Å². The van der Waals surface area contributed by atoms with Gasteiger partial charge >= 0.3 is 5.69 Å². The summed E-state index contributed by atoms with van der Waals surface area (Å²) in [4.78, 5) is 31.3. The highest BCUT2D eigenvalue weighted by Gasteiger charge is 2.43. The second-order valence-electron chi connectivity index (χ2n) is 10.3. The highest BCUT2D eigenvalue weighted by atomic mass is 16.5. The molecular formula is C27H34N6O3. The Morgan fingerprint density at radius 1 is 1.19 bits per heavy atom. The topological polar surface area (TPSA) is 106 Å². The van der Waals surface area contributed by atoms with Crippen molar-refractivity contribution in [3.63, 3.8) is 0 Å². The number of likely N-dealkylation sites (tertiary alicyclic amines) is 1. The molecule has 1 amide bonds. The number of anilines is 1. The second-order valence-corrected chi connectivity index (χ2v) is 10.3. The van der Waals surface area contributed by atoms with Crippen LogP contribution in [0.4, 0.5) is 5.69 Å². The van der Waals surface area contributed by atoms with Crippen LogP contribution in [0.1, 0.15) is 55.2 Å². The lowest BCUT2D eigenvalue weighted by Gasteiger charge is -2.42. The zero-order chi connectivity index (χ0) is 25.4. The van der Waals surface area contributed by atoms with Crippen LogP contribution < -0.4 is 20.6 Å². The number of nitrogens with one attached hydrogen (secondary N) is 3. The van der Waals surface area contributed by atoms with E-state index >= 15 is 0 Å². The number of hydrogen-bond donors (Lipinski definition) is 3. The summed E-state index contributed by atoms with van der Waals surface area (Å²) in [5.41, 5.74) is 3.34. The number of hydrogen-bond acceptors (Lipinski definition) is 6. The highest BCUT2D eigenvalue weighted by Crippen LogP contribution is 2.44. The van der Waals surface area contributed by atoms with Gasteiger partial charge in [0, 0.05) is 31.3 Å². The first-order chi connectivity index (χ1) is 17.3. The smallest absolute Gasteiger partial charge is 0.340 e. The molecule has 9 heteroatoms. The molecule has 2 atom stereocenters.